The SMILES string of the molecule is COC(CNc1ncnc2scc(-c3ccc(C(C)C)cc3)c12)OC. The number of nitrogens with zero attached hydrogens (tertiary/aromatic N) is 2. The molecule has 0 spiro atoms. The summed E-state index contributed by atoms with van der Waals surface area (Å²) in [5.74, 6) is 1.32. The molecule has 3 aromatic rings. The number of hydrogen-bond donors (Lipinski definition) is 1. The number of fused-ring (bicyclic) bond motifs is 1. The molecule has 1 N–H and O–H groups in total. The van der Waals surface area contributed by atoms with Crippen LogP contribution in [0.2, 0.25) is 0 Å². The summed E-state index contributed by atoms with van der Waals surface area (Å²) < 4.78 is 10.5. The van der Waals surface area contributed by atoms with Gasteiger partial charge in [-0.2, -0.15) is 0 Å². The summed E-state index contributed by atoms with van der Waals surface area (Å²) in [6.07, 6.45) is 1.26. The quantitative estimate of drug-likeness (QED) is 0.630. The summed E-state index contributed by atoms with van der Waals surface area (Å²) in [5, 5.41) is 6.50. The fourth-order valence-corrected chi connectivity index (χ4v) is 3.63. The van der Waals surface area contributed by atoms with Gasteiger partial charge in [-0.25, -0.2) is 9.97 Å². The molecule has 0 radical (unpaired) electrons. The fraction of sp³-hybridized carbons (Fsp3) is 0.368. The number of aromatic nitrogens is 2. The first-order valence-corrected chi connectivity index (χ1v) is 9.14. The molecule has 0 saturated heterocycles. The molecular weight excluding hydrogens is 334 g/mol. The Bertz CT molecular complexity index is 826. The highest BCUT2D eigenvalue weighted by Gasteiger charge is 2.14. The van der Waals surface area contributed by atoms with Gasteiger partial charge in [-0.1, -0.05) is 38.1 Å². The second kappa shape index (κ2) is 7.91. The molecule has 132 valence electrons. The number of ether oxygens (including phenoxy) is 2. The number of methoxy groups -OCH3 is 2. The lowest BCUT2D eigenvalue weighted by Gasteiger charge is -2.15. The zero-order valence-corrected chi connectivity index (χ0v) is 15.8. The van der Waals surface area contributed by atoms with E-state index in [1.807, 2.05) is 0 Å². The largest absolute Gasteiger partial charge is 0.364 e. The Labute approximate surface area is 152 Å². The highest BCUT2D eigenvalue weighted by atomic mass is 32.1. The minimum atomic E-state index is -0.322. The van der Waals surface area contributed by atoms with E-state index in [0.717, 1.165) is 21.6 Å². The van der Waals surface area contributed by atoms with Crippen molar-refractivity contribution in [2.24, 2.45) is 0 Å². The molecule has 0 aliphatic rings. The lowest BCUT2D eigenvalue weighted by atomic mass is 9.99. The van der Waals surface area contributed by atoms with Gasteiger partial charge in [0.15, 0.2) is 6.29 Å². The molecule has 0 saturated carbocycles. The van der Waals surface area contributed by atoms with E-state index in [4.69, 9.17) is 9.47 Å². The molecule has 5 nitrogen and oxygen atoms in total. The van der Waals surface area contributed by atoms with Crippen molar-refractivity contribution in [1.29, 1.82) is 0 Å². The van der Waals surface area contributed by atoms with E-state index in [9.17, 15) is 0 Å². The Kier molecular flexibility index (Phi) is 5.63. The number of nitrogens with one attached hydrogen (secondary N) is 1. The van der Waals surface area contributed by atoms with Crippen LogP contribution in [0.1, 0.15) is 25.3 Å². The second-order valence-electron chi connectivity index (χ2n) is 6.11. The van der Waals surface area contributed by atoms with Gasteiger partial charge in [0.05, 0.1) is 11.9 Å². The molecule has 0 atom stereocenters. The summed E-state index contributed by atoms with van der Waals surface area (Å²) in [5.41, 5.74) is 3.65. The van der Waals surface area contributed by atoms with Crippen LogP contribution < -0.4 is 5.32 Å². The van der Waals surface area contributed by atoms with Crippen molar-refractivity contribution in [3.63, 3.8) is 0 Å². The highest BCUT2D eigenvalue weighted by Crippen LogP contribution is 2.36. The van der Waals surface area contributed by atoms with E-state index in [-0.39, 0.29) is 6.29 Å². The van der Waals surface area contributed by atoms with Gasteiger partial charge in [-0.3, -0.25) is 0 Å². The zero-order valence-electron chi connectivity index (χ0n) is 14.9. The third-order valence-corrected chi connectivity index (χ3v) is 5.11. The summed E-state index contributed by atoms with van der Waals surface area (Å²) in [6, 6.07) is 8.71. The molecule has 1 aromatic carbocycles. The first kappa shape index (κ1) is 17.8. The first-order valence-electron chi connectivity index (χ1n) is 8.26. The van der Waals surface area contributed by atoms with Crippen LogP contribution >= 0.6 is 11.3 Å². The van der Waals surface area contributed by atoms with Crippen molar-refractivity contribution in [1.82, 2.24) is 9.97 Å². The molecule has 25 heavy (non-hydrogen) atoms. The van der Waals surface area contributed by atoms with Gasteiger partial charge in [0.2, 0.25) is 0 Å². The molecular formula is C19H23N3O2S. The lowest BCUT2D eigenvalue weighted by Crippen LogP contribution is -2.24. The predicted molar refractivity (Wildman–Crippen MR) is 103 cm³/mol. The number of benzene rings is 1. The van der Waals surface area contributed by atoms with Gasteiger partial charge in [0.1, 0.15) is 17.0 Å². The van der Waals surface area contributed by atoms with Crippen LogP contribution in [0.5, 0.6) is 0 Å². The molecule has 3 rings (SSSR count). The zero-order chi connectivity index (χ0) is 17.8. The molecule has 0 fully saturated rings. The molecule has 0 bridgehead atoms. The van der Waals surface area contributed by atoms with Gasteiger partial charge in [-0.15, -0.1) is 11.3 Å². The van der Waals surface area contributed by atoms with Crippen LogP contribution in [0.25, 0.3) is 21.3 Å². The Morgan fingerprint density at radius 2 is 1.80 bits per heavy atom. The molecule has 0 aliphatic heterocycles. The standard InChI is InChI=1S/C19H23N3O2S/c1-12(2)13-5-7-14(8-6-13)15-10-25-19-17(15)18(21-11-22-19)20-9-16(23-3)24-4/h5-8,10-12,16H,9H2,1-4H3,(H,20,21,22). The van der Waals surface area contributed by atoms with Crippen molar-refractivity contribution in [3.05, 3.63) is 41.5 Å². The van der Waals surface area contributed by atoms with Gasteiger partial charge < -0.3 is 14.8 Å². The Balaban J connectivity index is 1.96. The monoisotopic (exact) mass is 357 g/mol. The number of hydrogen-bond acceptors (Lipinski definition) is 6. The second-order valence-corrected chi connectivity index (χ2v) is 6.97. The highest BCUT2D eigenvalue weighted by molar-refractivity contribution is 7.17. The van der Waals surface area contributed by atoms with Crippen LogP contribution in [-0.4, -0.2) is 37.0 Å². The van der Waals surface area contributed by atoms with Crippen LogP contribution in [0, 0.1) is 0 Å². The summed E-state index contributed by atoms with van der Waals surface area (Å²) in [6.45, 7) is 4.92. The van der Waals surface area contributed by atoms with Gasteiger partial charge in [0.25, 0.3) is 0 Å². The minimum absolute atomic E-state index is 0.322. The van der Waals surface area contributed by atoms with Crippen LogP contribution in [0.3, 0.4) is 0 Å². The molecule has 6 heteroatoms. The van der Waals surface area contributed by atoms with Crippen molar-refractivity contribution < 1.29 is 9.47 Å². The van der Waals surface area contributed by atoms with E-state index in [1.54, 1.807) is 31.9 Å². The molecule has 0 aliphatic carbocycles. The average molecular weight is 357 g/mol. The number of anilines is 1. The normalized spacial score (nSPS) is 11.6. The van der Waals surface area contributed by atoms with Crippen molar-refractivity contribution in [2.45, 2.75) is 26.1 Å². The summed E-state index contributed by atoms with van der Waals surface area (Å²) in [7, 11) is 3.25. The van der Waals surface area contributed by atoms with Crippen LogP contribution in [0.4, 0.5) is 5.82 Å². The van der Waals surface area contributed by atoms with Gasteiger partial charge in [0, 0.05) is 25.2 Å². The fourth-order valence-electron chi connectivity index (χ4n) is 2.71. The maximum absolute atomic E-state index is 5.24. The van der Waals surface area contributed by atoms with Gasteiger partial charge in [-0.05, 0) is 17.0 Å². The number of thiophene rings is 1. The molecule has 0 amide bonds. The smallest absolute Gasteiger partial charge is 0.173 e. The third kappa shape index (κ3) is 3.81. The third-order valence-electron chi connectivity index (χ3n) is 4.22. The predicted octanol–water partition coefficient (Wildman–Crippen LogP) is 4.51. The maximum Gasteiger partial charge on any atom is 0.173 e. The molecule has 0 unspecified atom stereocenters. The van der Waals surface area contributed by atoms with Crippen molar-refractivity contribution in [3.8, 4) is 11.1 Å². The Morgan fingerprint density at radius 1 is 1.08 bits per heavy atom. The Hall–Kier alpha value is -2.02. The number of rotatable bonds is 7. The van der Waals surface area contributed by atoms with Crippen molar-refractivity contribution in [2.75, 3.05) is 26.1 Å². The van der Waals surface area contributed by atoms with E-state index < -0.39 is 0 Å². The topological polar surface area (TPSA) is 56.3 Å². The van der Waals surface area contributed by atoms with E-state index >= 15 is 0 Å². The maximum atomic E-state index is 5.24. The molecule has 2 heterocycles. The van der Waals surface area contributed by atoms with Crippen molar-refractivity contribution >= 4 is 27.4 Å². The average Bonchev–Trinajstić information content (AvgIpc) is 3.07. The lowest BCUT2D eigenvalue weighted by molar-refractivity contribution is -0.0914. The summed E-state index contributed by atoms with van der Waals surface area (Å²) in [4.78, 5) is 9.80. The van der Waals surface area contributed by atoms with Crippen LogP contribution in [-0.2, 0) is 9.47 Å². The van der Waals surface area contributed by atoms with E-state index in [2.05, 4.69) is 58.8 Å². The first-order chi connectivity index (χ1) is 12.1. The summed E-state index contributed by atoms with van der Waals surface area (Å²) >= 11 is 1.63. The van der Waals surface area contributed by atoms with Gasteiger partial charge >= 0.3 is 0 Å². The Morgan fingerprint density at radius 3 is 2.44 bits per heavy atom. The van der Waals surface area contributed by atoms with E-state index in [1.165, 1.54) is 11.1 Å². The molecule has 2 aromatic heterocycles. The minimum Gasteiger partial charge on any atom is -0.364 e. The van der Waals surface area contributed by atoms with E-state index in [0.29, 0.717) is 12.5 Å². The van der Waals surface area contributed by atoms with Crippen LogP contribution in [0.15, 0.2) is 36.0 Å².